The number of hydrogen-bond acceptors (Lipinski definition) is 1. The molecule has 60 valence electrons. The van der Waals surface area contributed by atoms with Crippen LogP contribution in [0.25, 0.3) is 0 Å². The van der Waals surface area contributed by atoms with Crippen molar-refractivity contribution >= 4 is 0 Å². The molecule has 1 aliphatic rings. The summed E-state index contributed by atoms with van der Waals surface area (Å²) in [5.74, 6) is 1.64. The normalized spacial score (nSPS) is 41.1. The number of nitrogens with one attached hydrogen (secondary N) is 1. The molecule has 1 aliphatic heterocycles. The van der Waals surface area contributed by atoms with Gasteiger partial charge in [0, 0.05) is 6.54 Å². The molecule has 0 aliphatic carbocycles. The molecule has 1 heteroatoms. The summed E-state index contributed by atoms with van der Waals surface area (Å²) in [5.41, 5.74) is 0.542. The lowest BCUT2D eigenvalue weighted by Crippen LogP contribution is -2.30. The van der Waals surface area contributed by atoms with E-state index in [-0.39, 0.29) is 0 Å². The molecular weight excluding hydrogens is 122 g/mol. The van der Waals surface area contributed by atoms with Crippen LogP contribution in [0.15, 0.2) is 0 Å². The number of rotatable bonds is 1. The maximum Gasteiger partial charge on any atom is 0.00108 e. The van der Waals surface area contributed by atoms with Crippen molar-refractivity contribution in [3.05, 3.63) is 0 Å². The van der Waals surface area contributed by atoms with Crippen LogP contribution in [0.1, 0.15) is 27.7 Å². The number of hydrogen-bond donors (Lipinski definition) is 1. The smallest absolute Gasteiger partial charge is 0.00108 e. The predicted molar refractivity (Wildman–Crippen MR) is 45.0 cm³/mol. The molecule has 0 aromatic rings. The highest BCUT2D eigenvalue weighted by Gasteiger charge is 2.37. The molecule has 1 rings (SSSR count). The highest BCUT2D eigenvalue weighted by atomic mass is 14.9. The van der Waals surface area contributed by atoms with Crippen molar-refractivity contribution in [3.8, 4) is 0 Å². The Hall–Kier alpha value is -0.0400. The monoisotopic (exact) mass is 141 g/mol. The minimum atomic E-state index is 0.542. The Morgan fingerprint density at radius 2 is 2.10 bits per heavy atom. The Morgan fingerprint density at radius 1 is 1.50 bits per heavy atom. The highest BCUT2D eigenvalue weighted by molar-refractivity contribution is 4.91. The molecule has 0 spiro atoms. The van der Waals surface area contributed by atoms with E-state index in [9.17, 15) is 0 Å². The zero-order valence-electron chi connectivity index (χ0n) is 7.57. The van der Waals surface area contributed by atoms with E-state index in [1.165, 1.54) is 13.1 Å². The Bertz CT molecular complexity index is 120. The highest BCUT2D eigenvalue weighted by Crippen LogP contribution is 2.37. The van der Waals surface area contributed by atoms with Crippen molar-refractivity contribution in [2.75, 3.05) is 13.1 Å². The largest absolute Gasteiger partial charge is 0.316 e. The molecule has 2 atom stereocenters. The molecule has 1 N–H and O–H groups in total. The summed E-state index contributed by atoms with van der Waals surface area (Å²) in [4.78, 5) is 0. The van der Waals surface area contributed by atoms with Gasteiger partial charge in [-0.25, -0.2) is 0 Å². The molecule has 10 heavy (non-hydrogen) atoms. The lowest BCUT2D eigenvalue weighted by molar-refractivity contribution is 0.183. The van der Waals surface area contributed by atoms with Gasteiger partial charge < -0.3 is 5.32 Å². The molecule has 1 fully saturated rings. The molecular formula is C9H19N. The van der Waals surface area contributed by atoms with Crippen LogP contribution >= 0.6 is 0 Å². The van der Waals surface area contributed by atoms with E-state index in [4.69, 9.17) is 0 Å². The van der Waals surface area contributed by atoms with E-state index in [1.807, 2.05) is 0 Å². The zero-order chi connectivity index (χ0) is 7.78. The van der Waals surface area contributed by atoms with Crippen LogP contribution < -0.4 is 5.32 Å². The first-order valence-electron chi connectivity index (χ1n) is 4.28. The second-order valence-electron chi connectivity index (χ2n) is 4.19. The average Bonchev–Trinajstić information content (AvgIpc) is 2.15. The summed E-state index contributed by atoms with van der Waals surface area (Å²) in [6.07, 6.45) is 0. The molecule has 1 nitrogen and oxygen atoms in total. The Balaban J connectivity index is 2.66. The Labute approximate surface area is 64.2 Å². The first-order valence-corrected chi connectivity index (χ1v) is 4.28. The third-order valence-electron chi connectivity index (χ3n) is 3.40. The topological polar surface area (TPSA) is 12.0 Å². The van der Waals surface area contributed by atoms with E-state index in [1.54, 1.807) is 0 Å². The lowest BCUT2D eigenvalue weighted by Gasteiger charge is -2.32. The lowest BCUT2D eigenvalue weighted by atomic mass is 9.72. The van der Waals surface area contributed by atoms with Crippen LogP contribution in [0.4, 0.5) is 0 Å². The van der Waals surface area contributed by atoms with Gasteiger partial charge in [-0.3, -0.25) is 0 Å². The van der Waals surface area contributed by atoms with Crippen molar-refractivity contribution in [3.63, 3.8) is 0 Å². The zero-order valence-corrected chi connectivity index (χ0v) is 7.57. The van der Waals surface area contributed by atoms with E-state index in [2.05, 4.69) is 33.0 Å². The quantitative estimate of drug-likeness (QED) is 0.588. The molecule has 1 saturated heterocycles. The van der Waals surface area contributed by atoms with Gasteiger partial charge in [0.15, 0.2) is 0 Å². The molecule has 0 radical (unpaired) electrons. The summed E-state index contributed by atoms with van der Waals surface area (Å²) in [5, 5.41) is 3.44. The van der Waals surface area contributed by atoms with Gasteiger partial charge in [-0.2, -0.15) is 0 Å². The van der Waals surface area contributed by atoms with Gasteiger partial charge >= 0.3 is 0 Å². The average molecular weight is 141 g/mol. The van der Waals surface area contributed by atoms with E-state index in [0.29, 0.717) is 5.41 Å². The molecule has 0 aromatic heterocycles. The summed E-state index contributed by atoms with van der Waals surface area (Å²) >= 11 is 0. The SMILES string of the molecule is CC(C)C1(C)CNCC1C. The molecule has 0 saturated carbocycles. The first-order chi connectivity index (χ1) is 4.57. The standard InChI is InChI=1S/C9H19N/c1-7(2)9(4)6-10-5-8(9)3/h7-8,10H,5-6H2,1-4H3. The van der Waals surface area contributed by atoms with Crippen LogP contribution in [-0.4, -0.2) is 13.1 Å². The summed E-state index contributed by atoms with van der Waals surface area (Å²) < 4.78 is 0. The second-order valence-corrected chi connectivity index (χ2v) is 4.19. The van der Waals surface area contributed by atoms with Crippen LogP contribution in [0, 0.1) is 17.3 Å². The van der Waals surface area contributed by atoms with Crippen LogP contribution in [-0.2, 0) is 0 Å². The molecule has 0 bridgehead atoms. The van der Waals surface area contributed by atoms with Gasteiger partial charge in [0.2, 0.25) is 0 Å². The van der Waals surface area contributed by atoms with Crippen molar-refractivity contribution < 1.29 is 0 Å². The minimum Gasteiger partial charge on any atom is -0.316 e. The Morgan fingerprint density at radius 3 is 2.30 bits per heavy atom. The fraction of sp³-hybridized carbons (Fsp3) is 1.00. The third-order valence-corrected chi connectivity index (χ3v) is 3.40. The van der Waals surface area contributed by atoms with Gasteiger partial charge in [-0.15, -0.1) is 0 Å². The van der Waals surface area contributed by atoms with Gasteiger partial charge in [-0.05, 0) is 23.8 Å². The van der Waals surface area contributed by atoms with Crippen LogP contribution in [0.5, 0.6) is 0 Å². The Kier molecular flexibility index (Phi) is 2.04. The van der Waals surface area contributed by atoms with Gasteiger partial charge in [-0.1, -0.05) is 27.7 Å². The molecule has 2 unspecified atom stereocenters. The minimum absolute atomic E-state index is 0.542. The molecule has 1 heterocycles. The third kappa shape index (κ3) is 1.07. The summed E-state index contributed by atoms with van der Waals surface area (Å²) in [7, 11) is 0. The second kappa shape index (κ2) is 2.54. The van der Waals surface area contributed by atoms with Crippen molar-refractivity contribution in [1.29, 1.82) is 0 Å². The van der Waals surface area contributed by atoms with Crippen molar-refractivity contribution in [1.82, 2.24) is 5.32 Å². The summed E-state index contributed by atoms with van der Waals surface area (Å²) in [6.45, 7) is 11.8. The van der Waals surface area contributed by atoms with Gasteiger partial charge in [0.05, 0.1) is 0 Å². The fourth-order valence-electron chi connectivity index (χ4n) is 1.74. The maximum atomic E-state index is 3.44. The van der Waals surface area contributed by atoms with Crippen molar-refractivity contribution in [2.24, 2.45) is 17.3 Å². The maximum absolute atomic E-state index is 3.44. The van der Waals surface area contributed by atoms with Gasteiger partial charge in [0.1, 0.15) is 0 Å². The van der Waals surface area contributed by atoms with E-state index < -0.39 is 0 Å². The molecule has 0 aromatic carbocycles. The molecule has 0 amide bonds. The predicted octanol–water partition coefficient (Wildman–Crippen LogP) is 1.89. The van der Waals surface area contributed by atoms with Gasteiger partial charge in [0.25, 0.3) is 0 Å². The van der Waals surface area contributed by atoms with E-state index >= 15 is 0 Å². The van der Waals surface area contributed by atoms with E-state index in [0.717, 1.165) is 11.8 Å². The van der Waals surface area contributed by atoms with Crippen molar-refractivity contribution in [2.45, 2.75) is 27.7 Å². The summed E-state index contributed by atoms with van der Waals surface area (Å²) in [6, 6.07) is 0. The fourth-order valence-corrected chi connectivity index (χ4v) is 1.74. The first kappa shape index (κ1) is 8.06. The van der Waals surface area contributed by atoms with Crippen LogP contribution in [0.3, 0.4) is 0 Å². The van der Waals surface area contributed by atoms with Crippen LogP contribution in [0.2, 0.25) is 0 Å².